The predicted octanol–water partition coefficient (Wildman–Crippen LogP) is 4.31. The molecule has 2 aromatic carbocycles. The fourth-order valence-corrected chi connectivity index (χ4v) is 2.81. The molecule has 2 N–H and O–H groups in total. The highest BCUT2D eigenvalue weighted by molar-refractivity contribution is 6.31. The van der Waals surface area contributed by atoms with Crippen LogP contribution in [0.1, 0.15) is 13.3 Å². The first-order valence-corrected chi connectivity index (χ1v) is 8.44. The molecule has 3 aromatic rings. The molecule has 0 atom stereocenters. The normalized spacial score (nSPS) is 10.7. The maximum absolute atomic E-state index is 12.3. The van der Waals surface area contributed by atoms with Crippen LogP contribution in [0.3, 0.4) is 0 Å². The Morgan fingerprint density at radius 3 is 2.77 bits per heavy atom. The van der Waals surface area contributed by atoms with Crippen molar-refractivity contribution in [2.24, 2.45) is 0 Å². The first-order chi connectivity index (χ1) is 12.5. The number of nitrogens with one attached hydrogen (secondary N) is 2. The van der Waals surface area contributed by atoms with E-state index in [-0.39, 0.29) is 0 Å². The van der Waals surface area contributed by atoms with Gasteiger partial charge in [-0.1, -0.05) is 18.5 Å². The van der Waals surface area contributed by atoms with Crippen molar-refractivity contribution in [3.63, 3.8) is 0 Å². The van der Waals surface area contributed by atoms with E-state index in [1.807, 2.05) is 6.92 Å². The van der Waals surface area contributed by atoms with Gasteiger partial charge in [0, 0.05) is 23.3 Å². The molecular formula is C18H18ClN3O4. The Kier molecular flexibility index (Phi) is 5.18. The number of oxazole rings is 1. The lowest BCUT2D eigenvalue weighted by Gasteiger charge is -2.11. The van der Waals surface area contributed by atoms with Crippen LogP contribution in [-0.4, -0.2) is 17.7 Å². The molecule has 0 aliphatic heterocycles. The van der Waals surface area contributed by atoms with E-state index in [4.69, 9.17) is 20.8 Å². The molecular weight excluding hydrogens is 358 g/mol. The molecule has 0 saturated heterocycles. The molecule has 0 aliphatic rings. The summed E-state index contributed by atoms with van der Waals surface area (Å²) in [4.78, 5) is 24.1. The van der Waals surface area contributed by atoms with E-state index < -0.39 is 11.8 Å². The Morgan fingerprint density at radius 1 is 1.23 bits per heavy atom. The summed E-state index contributed by atoms with van der Waals surface area (Å²) in [7, 11) is 1.50. The number of halogens is 1. The largest absolute Gasteiger partial charge is 0.495 e. The third-order valence-corrected chi connectivity index (χ3v) is 4.02. The van der Waals surface area contributed by atoms with Crippen molar-refractivity contribution in [3.8, 4) is 5.75 Å². The third kappa shape index (κ3) is 3.67. The number of fused-ring (bicyclic) bond motifs is 1. The minimum Gasteiger partial charge on any atom is -0.495 e. The highest BCUT2D eigenvalue weighted by Crippen LogP contribution is 2.28. The molecule has 2 amide bonds. The van der Waals surface area contributed by atoms with Crippen molar-refractivity contribution < 1.29 is 13.9 Å². The first kappa shape index (κ1) is 17.9. The van der Waals surface area contributed by atoms with Crippen molar-refractivity contribution in [2.45, 2.75) is 19.9 Å². The van der Waals surface area contributed by atoms with E-state index in [0.29, 0.717) is 39.8 Å². The lowest BCUT2D eigenvalue weighted by atomic mass is 10.2. The Hall–Kier alpha value is -2.93. The quantitative estimate of drug-likeness (QED) is 0.695. The lowest BCUT2D eigenvalue weighted by molar-refractivity contribution is 0.262. The summed E-state index contributed by atoms with van der Waals surface area (Å²) in [6.45, 7) is 2.56. The van der Waals surface area contributed by atoms with Crippen molar-refractivity contribution in [1.82, 2.24) is 4.57 Å². The van der Waals surface area contributed by atoms with E-state index in [2.05, 4.69) is 10.6 Å². The van der Waals surface area contributed by atoms with Crippen LogP contribution >= 0.6 is 11.6 Å². The summed E-state index contributed by atoms with van der Waals surface area (Å²) in [5, 5.41) is 5.85. The predicted molar refractivity (Wildman–Crippen MR) is 101 cm³/mol. The number of hydrogen-bond donors (Lipinski definition) is 2. The van der Waals surface area contributed by atoms with E-state index in [1.165, 1.54) is 7.11 Å². The lowest BCUT2D eigenvalue weighted by Crippen LogP contribution is -2.19. The van der Waals surface area contributed by atoms with Gasteiger partial charge in [0.25, 0.3) is 0 Å². The number of methoxy groups -OCH3 is 1. The number of benzene rings is 2. The molecule has 0 bridgehead atoms. The smallest absolute Gasteiger partial charge is 0.419 e. The minimum absolute atomic E-state index is 0.410. The van der Waals surface area contributed by atoms with Crippen LogP contribution < -0.4 is 21.1 Å². The van der Waals surface area contributed by atoms with Crippen LogP contribution in [0.2, 0.25) is 5.02 Å². The number of aryl methyl sites for hydroxylation is 1. The van der Waals surface area contributed by atoms with E-state index >= 15 is 0 Å². The summed E-state index contributed by atoms with van der Waals surface area (Å²) in [5.74, 6) is 0.0785. The average molecular weight is 376 g/mol. The van der Waals surface area contributed by atoms with Crippen LogP contribution in [0.4, 0.5) is 16.2 Å². The summed E-state index contributed by atoms with van der Waals surface area (Å²) in [6.07, 6.45) is 0.818. The van der Waals surface area contributed by atoms with Gasteiger partial charge in [-0.15, -0.1) is 0 Å². The van der Waals surface area contributed by atoms with Crippen molar-refractivity contribution in [1.29, 1.82) is 0 Å². The number of amides is 2. The fourth-order valence-electron chi connectivity index (χ4n) is 2.64. The average Bonchev–Trinajstić information content (AvgIpc) is 2.90. The Bertz CT molecular complexity index is 1010. The number of ether oxygens (including phenoxy) is 1. The molecule has 0 spiro atoms. The van der Waals surface area contributed by atoms with Gasteiger partial charge in [0.2, 0.25) is 0 Å². The molecule has 0 saturated carbocycles. The number of anilines is 2. The molecule has 0 unspecified atom stereocenters. The molecule has 1 heterocycles. The molecule has 7 nitrogen and oxygen atoms in total. The zero-order valence-electron chi connectivity index (χ0n) is 14.3. The molecule has 0 fully saturated rings. The number of hydrogen-bond acceptors (Lipinski definition) is 4. The fraction of sp³-hybridized carbons (Fsp3) is 0.222. The third-order valence-electron chi connectivity index (χ3n) is 3.78. The summed E-state index contributed by atoms with van der Waals surface area (Å²) < 4.78 is 12.0. The summed E-state index contributed by atoms with van der Waals surface area (Å²) >= 11 is 5.95. The molecule has 3 rings (SSSR count). The number of carbonyl (C=O) groups excluding carboxylic acids is 1. The number of aromatic nitrogens is 1. The molecule has 26 heavy (non-hydrogen) atoms. The highest BCUT2D eigenvalue weighted by atomic mass is 35.5. The summed E-state index contributed by atoms with van der Waals surface area (Å²) in [6, 6.07) is 9.50. The van der Waals surface area contributed by atoms with Crippen molar-refractivity contribution in [2.75, 3.05) is 17.7 Å². The number of nitrogens with zero attached hydrogens (tertiary/aromatic N) is 1. The number of carbonyl (C=O) groups is 1. The van der Waals surface area contributed by atoms with Crippen LogP contribution in [-0.2, 0) is 6.54 Å². The monoisotopic (exact) mass is 375 g/mol. The van der Waals surface area contributed by atoms with Gasteiger partial charge in [-0.05, 0) is 36.8 Å². The molecule has 8 heteroatoms. The maximum Gasteiger partial charge on any atom is 0.419 e. The van der Waals surface area contributed by atoms with Crippen LogP contribution in [0, 0.1) is 0 Å². The van der Waals surface area contributed by atoms with Crippen LogP contribution in [0.15, 0.2) is 45.6 Å². The molecule has 1 aromatic heterocycles. The first-order valence-electron chi connectivity index (χ1n) is 8.06. The van der Waals surface area contributed by atoms with Gasteiger partial charge >= 0.3 is 11.8 Å². The molecule has 136 valence electrons. The van der Waals surface area contributed by atoms with Gasteiger partial charge < -0.3 is 19.8 Å². The van der Waals surface area contributed by atoms with E-state index in [9.17, 15) is 9.59 Å². The van der Waals surface area contributed by atoms with Gasteiger partial charge in [0.15, 0.2) is 5.58 Å². The Morgan fingerprint density at radius 2 is 2.04 bits per heavy atom. The van der Waals surface area contributed by atoms with Gasteiger partial charge in [-0.3, -0.25) is 4.57 Å². The zero-order valence-corrected chi connectivity index (χ0v) is 15.1. The van der Waals surface area contributed by atoms with E-state index in [0.717, 1.165) is 6.42 Å². The van der Waals surface area contributed by atoms with Gasteiger partial charge in [0.05, 0.1) is 18.3 Å². The second-order valence-corrected chi connectivity index (χ2v) is 6.06. The van der Waals surface area contributed by atoms with Crippen molar-refractivity contribution >= 4 is 40.1 Å². The second-order valence-electron chi connectivity index (χ2n) is 5.63. The Balaban J connectivity index is 1.79. The second kappa shape index (κ2) is 7.53. The zero-order chi connectivity index (χ0) is 18.7. The van der Waals surface area contributed by atoms with Gasteiger partial charge in [0.1, 0.15) is 5.75 Å². The Labute approximate surface area is 154 Å². The maximum atomic E-state index is 12.3. The molecule has 0 radical (unpaired) electrons. The van der Waals surface area contributed by atoms with Gasteiger partial charge in [-0.25, -0.2) is 9.59 Å². The van der Waals surface area contributed by atoms with Crippen LogP contribution in [0.5, 0.6) is 5.75 Å². The van der Waals surface area contributed by atoms with Gasteiger partial charge in [-0.2, -0.15) is 0 Å². The number of rotatable bonds is 5. The topological polar surface area (TPSA) is 85.5 Å². The standard InChI is InChI=1S/C18H18ClN3O4/c1-3-8-22-14-6-5-12(10-16(14)26-18(22)24)20-17(23)21-13-9-11(19)4-7-15(13)25-2/h4-7,9-10H,3,8H2,1-2H3,(H2,20,21,23). The van der Waals surface area contributed by atoms with Crippen molar-refractivity contribution in [3.05, 3.63) is 52.0 Å². The SMILES string of the molecule is CCCn1c(=O)oc2cc(NC(=O)Nc3cc(Cl)ccc3OC)ccc21. The highest BCUT2D eigenvalue weighted by Gasteiger charge is 2.12. The molecule has 0 aliphatic carbocycles. The summed E-state index contributed by atoms with van der Waals surface area (Å²) in [5.41, 5.74) is 2.05. The van der Waals surface area contributed by atoms with Crippen LogP contribution in [0.25, 0.3) is 11.1 Å². The number of urea groups is 1. The minimum atomic E-state index is -0.472. The van der Waals surface area contributed by atoms with E-state index in [1.54, 1.807) is 41.0 Å².